The molecule has 0 amide bonds. The lowest BCUT2D eigenvalue weighted by atomic mass is 9.96. The number of aldehydes is 1. The third kappa shape index (κ3) is 10.6. The number of alkyl halides is 1. The van der Waals surface area contributed by atoms with Gasteiger partial charge in [-0.3, -0.25) is 0 Å². The Morgan fingerprint density at radius 3 is 2.30 bits per heavy atom. The molecule has 0 heterocycles. The molecule has 2 unspecified atom stereocenters. The third-order valence-corrected chi connectivity index (χ3v) is 6.18. The van der Waals surface area contributed by atoms with Crippen molar-refractivity contribution >= 4 is 22.2 Å². The van der Waals surface area contributed by atoms with Gasteiger partial charge >= 0.3 is 0 Å². The fraction of sp³-hybridized carbons (Fsp3) is 0.950. The summed E-state index contributed by atoms with van der Waals surface area (Å²) in [6.07, 6.45) is 19.3. The molecule has 1 fully saturated rings. The van der Waals surface area contributed by atoms with Gasteiger partial charge in [-0.05, 0) is 32.1 Å². The van der Waals surface area contributed by atoms with E-state index in [-0.39, 0.29) is 5.92 Å². The smallest absolute Gasteiger partial charge is 0.124 e. The summed E-state index contributed by atoms with van der Waals surface area (Å²) in [5.41, 5.74) is 0. The number of hydrogen-bond donors (Lipinski definition) is 0. The van der Waals surface area contributed by atoms with Crippen molar-refractivity contribution < 1.29 is 9.53 Å². The van der Waals surface area contributed by atoms with Crippen LogP contribution in [0.25, 0.3) is 0 Å². The van der Waals surface area contributed by atoms with E-state index in [1.165, 1.54) is 70.6 Å². The van der Waals surface area contributed by atoms with Gasteiger partial charge in [0, 0.05) is 17.4 Å². The Morgan fingerprint density at radius 2 is 1.65 bits per heavy atom. The number of rotatable bonds is 14. The van der Waals surface area contributed by atoms with Crippen molar-refractivity contribution in [2.75, 3.05) is 6.61 Å². The van der Waals surface area contributed by atoms with E-state index in [1.807, 2.05) is 0 Å². The Labute approximate surface area is 152 Å². The minimum absolute atomic E-state index is 0.207. The van der Waals surface area contributed by atoms with Crippen LogP contribution in [0.3, 0.4) is 0 Å². The third-order valence-electron chi connectivity index (χ3n) is 5.04. The van der Waals surface area contributed by atoms with Crippen molar-refractivity contribution in [3.63, 3.8) is 0 Å². The number of halogens is 1. The zero-order valence-electron chi connectivity index (χ0n) is 15.1. The van der Waals surface area contributed by atoms with Crippen LogP contribution in [-0.2, 0) is 9.53 Å². The summed E-state index contributed by atoms with van der Waals surface area (Å²) in [5.74, 6) is 0.207. The molecular formula is C20H37BrO2. The van der Waals surface area contributed by atoms with Gasteiger partial charge in [-0.1, -0.05) is 80.6 Å². The van der Waals surface area contributed by atoms with E-state index in [0.29, 0.717) is 10.9 Å². The molecule has 1 aliphatic carbocycles. The topological polar surface area (TPSA) is 26.3 Å². The number of carbonyl (C=O) groups excluding carboxylic acids is 1. The van der Waals surface area contributed by atoms with Gasteiger partial charge in [0.2, 0.25) is 0 Å². The number of ether oxygens (including phenoxy) is 1. The first-order chi connectivity index (χ1) is 11.3. The lowest BCUT2D eigenvalue weighted by molar-refractivity contribution is -0.111. The SMILES string of the molecule is CCCC(Br)C(C=O)CCCCCCCCOC1CCCCC1. The number of carbonyl (C=O) groups is 1. The second kappa shape index (κ2) is 14.5. The van der Waals surface area contributed by atoms with Crippen molar-refractivity contribution in [2.45, 2.75) is 108 Å². The summed E-state index contributed by atoms with van der Waals surface area (Å²) < 4.78 is 5.96. The summed E-state index contributed by atoms with van der Waals surface area (Å²) in [7, 11) is 0. The van der Waals surface area contributed by atoms with E-state index in [4.69, 9.17) is 4.74 Å². The molecule has 0 spiro atoms. The lowest BCUT2D eigenvalue weighted by Gasteiger charge is -2.21. The molecule has 1 aliphatic rings. The van der Waals surface area contributed by atoms with Crippen molar-refractivity contribution in [1.29, 1.82) is 0 Å². The minimum Gasteiger partial charge on any atom is -0.378 e. The van der Waals surface area contributed by atoms with Gasteiger partial charge in [-0.2, -0.15) is 0 Å². The van der Waals surface area contributed by atoms with Crippen LogP contribution in [0.2, 0.25) is 0 Å². The van der Waals surface area contributed by atoms with Gasteiger partial charge in [0.05, 0.1) is 6.10 Å². The molecule has 23 heavy (non-hydrogen) atoms. The zero-order valence-corrected chi connectivity index (χ0v) is 16.7. The normalized spacial score (nSPS) is 18.7. The monoisotopic (exact) mass is 388 g/mol. The van der Waals surface area contributed by atoms with Crippen LogP contribution in [0.15, 0.2) is 0 Å². The fourth-order valence-corrected chi connectivity index (χ4v) is 4.34. The van der Waals surface area contributed by atoms with Crippen molar-refractivity contribution in [2.24, 2.45) is 5.92 Å². The molecule has 0 aromatic carbocycles. The van der Waals surface area contributed by atoms with Crippen molar-refractivity contribution in [3.05, 3.63) is 0 Å². The molecule has 0 N–H and O–H groups in total. The van der Waals surface area contributed by atoms with Gasteiger partial charge in [0.1, 0.15) is 6.29 Å². The summed E-state index contributed by atoms with van der Waals surface area (Å²) in [6.45, 7) is 3.13. The van der Waals surface area contributed by atoms with Gasteiger partial charge in [-0.15, -0.1) is 0 Å². The largest absolute Gasteiger partial charge is 0.378 e. The van der Waals surface area contributed by atoms with E-state index >= 15 is 0 Å². The first-order valence-corrected chi connectivity index (χ1v) is 10.9. The van der Waals surface area contributed by atoms with E-state index < -0.39 is 0 Å². The van der Waals surface area contributed by atoms with E-state index in [9.17, 15) is 4.79 Å². The molecule has 1 rings (SSSR count). The van der Waals surface area contributed by atoms with Crippen molar-refractivity contribution in [3.8, 4) is 0 Å². The second-order valence-corrected chi connectivity index (χ2v) is 8.32. The Hall–Kier alpha value is 0.110. The van der Waals surface area contributed by atoms with Crippen LogP contribution < -0.4 is 0 Å². The van der Waals surface area contributed by atoms with Crippen LogP contribution in [-0.4, -0.2) is 23.8 Å². The standard InChI is InChI=1S/C20H37BrO2/c1-2-12-20(21)18(17-22)13-8-5-3-4-6-11-16-23-19-14-9-7-10-15-19/h17-20H,2-16H2,1H3. The summed E-state index contributed by atoms with van der Waals surface area (Å²) in [5, 5.41) is 0. The zero-order chi connectivity index (χ0) is 16.8. The van der Waals surface area contributed by atoms with E-state index in [0.717, 1.165) is 32.2 Å². The predicted octanol–water partition coefficient (Wildman–Crippen LogP) is 6.45. The Morgan fingerprint density at radius 1 is 1.00 bits per heavy atom. The molecule has 0 aliphatic heterocycles. The predicted molar refractivity (Wildman–Crippen MR) is 102 cm³/mol. The molecule has 0 aromatic rings. The highest BCUT2D eigenvalue weighted by atomic mass is 79.9. The highest BCUT2D eigenvalue weighted by Gasteiger charge is 2.16. The van der Waals surface area contributed by atoms with Gasteiger partial charge < -0.3 is 9.53 Å². The van der Waals surface area contributed by atoms with Crippen LogP contribution in [0.1, 0.15) is 96.8 Å². The average molecular weight is 389 g/mol. The quantitative estimate of drug-likeness (QED) is 0.194. The first-order valence-electron chi connectivity index (χ1n) is 9.99. The van der Waals surface area contributed by atoms with Gasteiger partial charge in [0.25, 0.3) is 0 Å². The molecule has 0 saturated heterocycles. The van der Waals surface area contributed by atoms with Crippen LogP contribution >= 0.6 is 15.9 Å². The molecule has 136 valence electrons. The maximum absolute atomic E-state index is 11.1. The van der Waals surface area contributed by atoms with Crippen LogP contribution in [0.5, 0.6) is 0 Å². The molecule has 2 atom stereocenters. The maximum Gasteiger partial charge on any atom is 0.124 e. The molecule has 0 bridgehead atoms. The number of hydrogen-bond acceptors (Lipinski definition) is 2. The average Bonchev–Trinajstić information content (AvgIpc) is 2.58. The Bertz CT molecular complexity index is 277. The van der Waals surface area contributed by atoms with Gasteiger partial charge in [-0.25, -0.2) is 0 Å². The molecule has 3 heteroatoms. The molecule has 1 saturated carbocycles. The molecular weight excluding hydrogens is 352 g/mol. The summed E-state index contributed by atoms with van der Waals surface area (Å²) >= 11 is 3.66. The Kier molecular flexibility index (Phi) is 13.3. The number of unbranched alkanes of at least 4 members (excludes halogenated alkanes) is 5. The Balaban J connectivity index is 1.87. The molecule has 0 aromatic heterocycles. The second-order valence-electron chi connectivity index (χ2n) is 7.15. The highest BCUT2D eigenvalue weighted by Crippen LogP contribution is 2.23. The lowest BCUT2D eigenvalue weighted by Crippen LogP contribution is -2.17. The molecule has 2 nitrogen and oxygen atoms in total. The van der Waals surface area contributed by atoms with Crippen LogP contribution in [0.4, 0.5) is 0 Å². The highest BCUT2D eigenvalue weighted by molar-refractivity contribution is 9.09. The summed E-state index contributed by atoms with van der Waals surface area (Å²) in [4.78, 5) is 11.5. The first kappa shape index (κ1) is 21.2. The van der Waals surface area contributed by atoms with E-state index in [2.05, 4.69) is 22.9 Å². The van der Waals surface area contributed by atoms with Crippen LogP contribution in [0, 0.1) is 5.92 Å². The van der Waals surface area contributed by atoms with E-state index in [1.54, 1.807) is 0 Å². The fourth-order valence-electron chi connectivity index (χ4n) is 3.49. The van der Waals surface area contributed by atoms with Gasteiger partial charge in [0.15, 0.2) is 0 Å². The molecule has 0 radical (unpaired) electrons. The minimum atomic E-state index is 0.207. The van der Waals surface area contributed by atoms with Crippen molar-refractivity contribution in [1.82, 2.24) is 0 Å². The maximum atomic E-state index is 11.1. The summed E-state index contributed by atoms with van der Waals surface area (Å²) in [6, 6.07) is 0.